The highest BCUT2D eigenvalue weighted by atomic mass is 32.1. The molecule has 1 unspecified atom stereocenters. The summed E-state index contributed by atoms with van der Waals surface area (Å²) in [7, 11) is -3.03. The second-order valence-electron chi connectivity index (χ2n) is 10.4. The molecule has 1 N–H and O–H groups in total. The number of carbonyl (C=O) groups is 2. The van der Waals surface area contributed by atoms with Gasteiger partial charge in [0.25, 0.3) is 11.8 Å². The summed E-state index contributed by atoms with van der Waals surface area (Å²) < 4.78 is 20.6. The molecule has 5 rings (SSSR count). The minimum Gasteiger partial charge on any atom is -0.373 e. The van der Waals surface area contributed by atoms with Gasteiger partial charge in [-0.05, 0) is 53.2 Å². The monoisotopic (exact) mass is 636 g/mol. The van der Waals surface area contributed by atoms with Crippen LogP contribution in [0.5, 0.6) is 0 Å². The number of nitrogens with zero attached hydrogens (tertiary/aromatic N) is 1. The van der Waals surface area contributed by atoms with Crippen LogP contribution >= 0.6 is 22.7 Å². The van der Waals surface area contributed by atoms with Crippen LogP contribution in [-0.2, 0) is 22.9 Å². The summed E-state index contributed by atoms with van der Waals surface area (Å²) in [5.74, 6) is -0.502. The third-order valence-corrected chi connectivity index (χ3v) is 13.5. The molecule has 2 aromatic carbocycles. The molecule has 0 radical (unpaired) electrons. The van der Waals surface area contributed by atoms with Gasteiger partial charge in [-0.1, -0.05) is 43.3 Å². The first-order valence-corrected chi connectivity index (χ1v) is 18.5. The maximum absolute atomic E-state index is 14.4. The number of aryl methyl sites for hydroxylation is 2. The Balaban J connectivity index is 1.53. The van der Waals surface area contributed by atoms with Gasteiger partial charge in [0.2, 0.25) is 0 Å². The number of benzene rings is 2. The number of fused-ring (bicyclic) bond motifs is 2. The number of nitrogens with one attached hydrogen (secondary N) is 1. The van der Waals surface area contributed by atoms with Crippen LogP contribution < -0.4 is 5.32 Å². The molecule has 1 atom stereocenters. The molecule has 0 fully saturated rings. The number of hydrogen-bond donors (Lipinski definition) is 1. The van der Waals surface area contributed by atoms with Crippen LogP contribution in [0.15, 0.2) is 48.5 Å². The van der Waals surface area contributed by atoms with Crippen molar-refractivity contribution < 1.29 is 22.9 Å². The second-order valence-corrected chi connectivity index (χ2v) is 15.7. The summed E-state index contributed by atoms with van der Waals surface area (Å²) in [5.41, 5.74) is 2.56. The van der Waals surface area contributed by atoms with E-state index in [1.54, 1.807) is 22.7 Å². The van der Waals surface area contributed by atoms with Gasteiger partial charge in [0, 0.05) is 74.0 Å². The molecule has 0 bridgehead atoms. The summed E-state index contributed by atoms with van der Waals surface area (Å²) in [5, 5.41) is 5.55. The zero-order valence-electron chi connectivity index (χ0n) is 25.7. The quantitative estimate of drug-likeness (QED) is 0.119. The van der Waals surface area contributed by atoms with Crippen molar-refractivity contribution in [1.29, 1.82) is 0 Å². The fourth-order valence-corrected chi connectivity index (χ4v) is 11.2. The molecular weight excluding hydrogens is 597 g/mol. The van der Waals surface area contributed by atoms with Gasteiger partial charge in [0.05, 0.1) is 16.8 Å². The van der Waals surface area contributed by atoms with E-state index in [0.717, 1.165) is 47.5 Å². The average molecular weight is 637 g/mol. The molecule has 228 valence electrons. The number of rotatable bonds is 14. The van der Waals surface area contributed by atoms with Crippen LogP contribution in [0.2, 0.25) is 0 Å². The Hall–Kier alpha value is -2.70. The van der Waals surface area contributed by atoms with Crippen molar-refractivity contribution in [3.63, 3.8) is 0 Å². The SMILES string of the molecule is CCO[Si](OCC)(OCC)C(CC)NCCN1C(=O)C(c2c(C)sc3ccccc23)=C(c2c(C)sc3ccccc23)C1=O. The number of hydrogen-bond acceptors (Lipinski definition) is 8. The Labute approximate surface area is 262 Å². The van der Waals surface area contributed by atoms with E-state index in [1.807, 2.05) is 71.0 Å². The van der Waals surface area contributed by atoms with E-state index in [2.05, 4.69) is 24.4 Å². The van der Waals surface area contributed by atoms with Crippen molar-refractivity contribution in [3.8, 4) is 0 Å². The van der Waals surface area contributed by atoms with Gasteiger partial charge in [-0.3, -0.25) is 14.5 Å². The first kappa shape index (κ1) is 31.7. The molecule has 0 saturated carbocycles. The first-order chi connectivity index (χ1) is 20.8. The lowest BCUT2D eigenvalue weighted by Crippen LogP contribution is -2.62. The average Bonchev–Trinajstić information content (AvgIpc) is 3.58. The molecule has 2 amide bonds. The summed E-state index contributed by atoms with van der Waals surface area (Å²) in [6.07, 6.45) is 0.725. The van der Waals surface area contributed by atoms with Crippen LogP contribution in [-0.4, -0.2) is 64.1 Å². The van der Waals surface area contributed by atoms with Crippen molar-refractivity contribution >= 4 is 74.6 Å². The van der Waals surface area contributed by atoms with Gasteiger partial charge < -0.3 is 18.6 Å². The van der Waals surface area contributed by atoms with Crippen LogP contribution in [0, 0.1) is 13.8 Å². The predicted octanol–water partition coefficient (Wildman–Crippen LogP) is 6.97. The molecular formula is C33H40N2O5S2Si. The Morgan fingerprint density at radius 2 is 1.19 bits per heavy atom. The van der Waals surface area contributed by atoms with Crippen LogP contribution in [0.4, 0.5) is 0 Å². The van der Waals surface area contributed by atoms with Crippen molar-refractivity contribution in [2.45, 2.75) is 53.6 Å². The molecule has 0 saturated heterocycles. The van der Waals surface area contributed by atoms with Gasteiger partial charge >= 0.3 is 8.80 Å². The Kier molecular flexibility index (Phi) is 9.97. The predicted molar refractivity (Wildman–Crippen MR) is 179 cm³/mol. The molecule has 1 aliphatic rings. The molecule has 1 aliphatic heterocycles. The van der Waals surface area contributed by atoms with E-state index in [9.17, 15) is 9.59 Å². The summed E-state index contributed by atoms with van der Waals surface area (Å²) in [6.45, 7) is 14.0. The van der Waals surface area contributed by atoms with E-state index in [4.69, 9.17) is 13.3 Å². The van der Waals surface area contributed by atoms with Crippen molar-refractivity contribution in [2.24, 2.45) is 0 Å². The third kappa shape index (κ3) is 5.77. The van der Waals surface area contributed by atoms with E-state index in [1.165, 1.54) is 4.90 Å². The molecule has 10 heteroatoms. The topological polar surface area (TPSA) is 77.1 Å². The van der Waals surface area contributed by atoms with E-state index in [0.29, 0.717) is 37.5 Å². The minimum atomic E-state index is -3.03. The number of thiophene rings is 2. The van der Waals surface area contributed by atoms with Crippen LogP contribution in [0.3, 0.4) is 0 Å². The number of carbonyl (C=O) groups excluding carboxylic acids is 2. The second kappa shape index (κ2) is 13.5. The first-order valence-electron chi connectivity index (χ1n) is 15.0. The Morgan fingerprint density at radius 3 is 1.60 bits per heavy atom. The maximum Gasteiger partial charge on any atom is 0.518 e. The standard InChI is InChI=1S/C33H40N2O5S2Si/c1-7-27(43(38-8-2,39-9-3)40-10-4)34-19-20-35-32(36)30(28-21(5)41-25-17-13-11-15-23(25)28)31(33(35)37)29-22(6)42-26-18-14-12-16-24(26)29/h11-18,27,34H,7-10,19-20H2,1-6H3. The highest BCUT2D eigenvalue weighted by Gasteiger charge is 2.49. The highest BCUT2D eigenvalue weighted by molar-refractivity contribution is 7.20. The molecule has 0 aliphatic carbocycles. The number of imide groups is 1. The van der Waals surface area contributed by atoms with E-state index >= 15 is 0 Å². The van der Waals surface area contributed by atoms with Crippen LogP contribution in [0.25, 0.3) is 31.3 Å². The van der Waals surface area contributed by atoms with Gasteiger partial charge in [0.15, 0.2) is 0 Å². The normalized spacial score (nSPS) is 15.1. The van der Waals surface area contributed by atoms with Gasteiger partial charge in [-0.15, -0.1) is 22.7 Å². The molecule has 7 nitrogen and oxygen atoms in total. The Bertz CT molecular complexity index is 1560. The van der Waals surface area contributed by atoms with E-state index in [-0.39, 0.29) is 24.0 Å². The summed E-state index contributed by atoms with van der Waals surface area (Å²) in [4.78, 5) is 32.2. The molecule has 43 heavy (non-hydrogen) atoms. The maximum atomic E-state index is 14.4. The lowest BCUT2D eigenvalue weighted by Gasteiger charge is -2.35. The molecule has 0 spiro atoms. The summed E-state index contributed by atoms with van der Waals surface area (Å²) >= 11 is 3.31. The van der Waals surface area contributed by atoms with Gasteiger partial charge in [-0.25, -0.2) is 0 Å². The molecule has 2 aromatic heterocycles. The van der Waals surface area contributed by atoms with Gasteiger partial charge in [-0.2, -0.15) is 0 Å². The highest BCUT2D eigenvalue weighted by Crippen LogP contribution is 2.46. The minimum absolute atomic E-state index is 0.168. The number of amides is 2. The molecule has 4 aromatic rings. The third-order valence-electron chi connectivity index (χ3n) is 7.81. The van der Waals surface area contributed by atoms with Gasteiger partial charge in [0.1, 0.15) is 0 Å². The fourth-order valence-electron chi connectivity index (χ4n) is 6.10. The van der Waals surface area contributed by atoms with Crippen molar-refractivity contribution in [1.82, 2.24) is 10.2 Å². The Morgan fingerprint density at radius 1 is 0.744 bits per heavy atom. The fraction of sp³-hybridized carbons (Fsp3) is 0.394. The zero-order valence-corrected chi connectivity index (χ0v) is 28.4. The van der Waals surface area contributed by atoms with Crippen molar-refractivity contribution in [3.05, 3.63) is 69.4 Å². The zero-order chi connectivity index (χ0) is 30.7. The largest absolute Gasteiger partial charge is 0.518 e. The lowest BCUT2D eigenvalue weighted by atomic mass is 9.93. The smallest absolute Gasteiger partial charge is 0.373 e. The lowest BCUT2D eigenvalue weighted by molar-refractivity contribution is -0.135. The molecule has 3 heterocycles. The summed E-state index contributed by atoms with van der Waals surface area (Å²) in [6, 6.07) is 16.2. The van der Waals surface area contributed by atoms with Crippen LogP contribution in [0.1, 0.15) is 55.0 Å². The van der Waals surface area contributed by atoms with Crippen molar-refractivity contribution in [2.75, 3.05) is 32.9 Å². The van der Waals surface area contributed by atoms with E-state index < -0.39 is 8.80 Å².